The summed E-state index contributed by atoms with van der Waals surface area (Å²) in [6, 6.07) is 8.91. The molecule has 0 aliphatic carbocycles. The van der Waals surface area contributed by atoms with Gasteiger partial charge in [0, 0.05) is 35.1 Å². The standard InChI is InChI=1S/C20H21ClN4O3S/c1-12-17-8-15(9-22-19(17)24-23-12)20(26)25-10-13(11-29(2,27)28)7-18(25)14-3-5-16(21)6-4-14/h3-6,8-9,13,18H,7,10-11H2,1-2H3,(H,22,23,24)/t13-,18?/m0/s1. The minimum absolute atomic E-state index is 0.0546. The number of amides is 1. The normalized spacial score (nSPS) is 19.8. The number of aryl methyl sites for hydroxylation is 1. The quantitative estimate of drug-likeness (QED) is 0.683. The van der Waals surface area contributed by atoms with Crippen molar-refractivity contribution in [2.45, 2.75) is 19.4 Å². The lowest BCUT2D eigenvalue weighted by molar-refractivity contribution is 0.0732. The molecule has 0 bridgehead atoms. The van der Waals surface area contributed by atoms with Crippen LogP contribution in [0.3, 0.4) is 0 Å². The number of nitrogens with one attached hydrogen (secondary N) is 1. The van der Waals surface area contributed by atoms with Gasteiger partial charge in [-0.25, -0.2) is 13.4 Å². The second-order valence-corrected chi connectivity index (χ2v) is 10.3. The summed E-state index contributed by atoms with van der Waals surface area (Å²) in [5, 5.41) is 8.38. The molecule has 7 nitrogen and oxygen atoms in total. The maximum atomic E-state index is 13.4. The summed E-state index contributed by atoms with van der Waals surface area (Å²) in [5.74, 6) is -0.239. The van der Waals surface area contributed by atoms with Gasteiger partial charge in [0.1, 0.15) is 9.84 Å². The molecule has 29 heavy (non-hydrogen) atoms. The number of nitrogens with zero attached hydrogens (tertiary/aromatic N) is 3. The number of aromatic amines is 1. The average molecular weight is 433 g/mol. The van der Waals surface area contributed by atoms with Crippen LogP contribution in [0.1, 0.15) is 34.1 Å². The van der Waals surface area contributed by atoms with Crippen LogP contribution in [-0.4, -0.2) is 53.0 Å². The molecule has 1 amide bonds. The SMILES string of the molecule is Cc1[nH]nc2ncc(C(=O)N3C[C@@H](CS(C)(=O)=O)CC3c3ccc(Cl)cc3)cc12. The van der Waals surface area contributed by atoms with Crippen LogP contribution in [0.25, 0.3) is 11.0 Å². The molecule has 1 fully saturated rings. The van der Waals surface area contributed by atoms with Crippen LogP contribution in [0.15, 0.2) is 36.5 Å². The summed E-state index contributed by atoms with van der Waals surface area (Å²) in [4.78, 5) is 19.4. The molecule has 2 atom stereocenters. The second kappa shape index (κ2) is 7.42. The number of benzene rings is 1. The number of aromatic nitrogens is 3. The van der Waals surface area contributed by atoms with E-state index < -0.39 is 9.84 Å². The Morgan fingerprint density at radius 2 is 2.03 bits per heavy atom. The summed E-state index contributed by atoms with van der Waals surface area (Å²) in [6.07, 6.45) is 3.34. The minimum atomic E-state index is -3.14. The summed E-state index contributed by atoms with van der Waals surface area (Å²) < 4.78 is 23.7. The summed E-state index contributed by atoms with van der Waals surface area (Å²) >= 11 is 6.01. The van der Waals surface area contributed by atoms with Crippen molar-refractivity contribution in [1.29, 1.82) is 0 Å². The molecule has 2 aromatic heterocycles. The highest BCUT2D eigenvalue weighted by Crippen LogP contribution is 2.37. The second-order valence-electron chi connectivity index (χ2n) is 7.66. The van der Waals surface area contributed by atoms with Gasteiger partial charge in [0.05, 0.1) is 17.4 Å². The molecular formula is C20H21ClN4O3S. The Morgan fingerprint density at radius 1 is 1.31 bits per heavy atom. The van der Waals surface area contributed by atoms with Crippen LogP contribution in [0.4, 0.5) is 0 Å². The summed E-state index contributed by atoms with van der Waals surface area (Å²) in [7, 11) is -3.14. The van der Waals surface area contributed by atoms with Crippen molar-refractivity contribution in [3.63, 3.8) is 0 Å². The molecule has 9 heteroatoms. The van der Waals surface area contributed by atoms with Crippen molar-refractivity contribution >= 4 is 38.4 Å². The van der Waals surface area contributed by atoms with Gasteiger partial charge in [-0.1, -0.05) is 23.7 Å². The van der Waals surface area contributed by atoms with Crippen LogP contribution in [-0.2, 0) is 9.84 Å². The van der Waals surface area contributed by atoms with Crippen LogP contribution < -0.4 is 0 Å². The lowest BCUT2D eigenvalue weighted by atomic mass is 10.0. The van der Waals surface area contributed by atoms with E-state index in [2.05, 4.69) is 15.2 Å². The van der Waals surface area contributed by atoms with Crippen LogP contribution >= 0.6 is 11.6 Å². The van der Waals surface area contributed by atoms with Crippen molar-refractivity contribution in [1.82, 2.24) is 20.1 Å². The first-order valence-electron chi connectivity index (χ1n) is 9.26. The predicted octanol–water partition coefficient (Wildman–Crippen LogP) is 3.17. The Bertz CT molecular complexity index is 1170. The van der Waals surface area contributed by atoms with Crippen LogP contribution in [0.5, 0.6) is 0 Å². The largest absolute Gasteiger partial charge is 0.331 e. The molecule has 152 valence electrons. The number of H-pyrrole nitrogens is 1. The third-order valence-electron chi connectivity index (χ3n) is 5.29. The lowest BCUT2D eigenvalue weighted by Gasteiger charge is -2.25. The Hall–Kier alpha value is -2.45. The average Bonchev–Trinajstić information content (AvgIpc) is 3.24. The van der Waals surface area contributed by atoms with E-state index in [4.69, 9.17) is 11.6 Å². The molecule has 1 N–H and O–H groups in total. The predicted molar refractivity (Wildman–Crippen MR) is 112 cm³/mol. The monoisotopic (exact) mass is 432 g/mol. The summed E-state index contributed by atoms with van der Waals surface area (Å²) in [6.45, 7) is 2.25. The number of fused-ring (bicyclic) bond motifs is 1. The number of carbonyl (C=O) groups excluding carboxylic acids is 1. The number of likely N-dealkylation sites (tertiary alicyclic amines) is 1. The van der Waals surface area contributed by atoms with Crippen LogP contribution in [0.2, 0.25) is 5.02 Å². The molecule has 3 heterocycles. The number of carbonyl (C=O) groups is 1. The van der Waals surface area contributed by atoms with E-state index in [1.165, 1.54) is 12.5 Å². The van der Waals surface area contributed by atoms with Crippen molar-refractivity contribution in [2.24, 2.45) is 5.92 Å². The molecule has 1 aromatic carbocycles. The number of hydrogen-bond acceptors (Lipinski definition) is 5. The maximum absolute atomic E-state index is 13.4. The van der Waals surface area contributed by atoms with Gasteiger partial charge in [-0.05, 0) is 43.0 Å². The zero-order valence-electron chi connectivity index (χ0n) is 16.1. The Morgan fingerprint density at radius 3 is 2.72 bits per heavy atom. The third-order valence-corrected chi connectivity index (χ3v) is 6.62. The van der Waals surface area contributed by atoms with Gasteiger partial charge in [-0.3, -0.25) is 9.89 Å². The highest BCUT2D eigenvalue weighted by Gasteiger charge is 2.38. The van der Waals surface area contributed by atoms with Crippen molar-refractivity contribution < 1.29 is 13.2 Å². The molecule has 1 aliphatic heterocycles. The van der Waals surface area contributed by atoms with Crippen LogP contribution in [0, 0.1) is 12.8 Å². The number of hydrogen-bond donors (Lipinski definition) is 1. The number of halogens is 1. The fourth-order valence-electron chi connectivity index (χ4n) is 4.00. The first-order valence-corrected chi connectivity index (χ1v) is 11.7. The summed E-state index contributed by atoms with van der Waals surface area (Å²) in [5.41, 5.74) is 2.80. The zero-order valence-corrected chi connectivity index (χ0v) is 17.7. The van der Waals surface area contributed by atoms with E-state index in [9.17, 15) is 13.2 Å². The van der Waals surface area contributed by atoms with E-state index in [0.717, 1.165) is 16.6 Å². The Labute approximate surface area is 174 Å². The highest BCUT2D eigenvalue weighted by atomic mass is 35.5. The highest BCUT2D eigenvalue weighted by molar-refractivity contribution is 7.90. The fraction of sp³-hybridized carbons (Fsp3) is 0.350. The molecular weight excluding hydrogens is 412 g/mol. The molecule has 0 saturated carbocycles. The van der Waals surface area contributed by atoms with Gasteiger partial charge < -0.3 is 4.90 Å². The zero-order chi connectivity index (χ0) is 20.8. The van der Waals surface area contributed by atoms with E-state index in [0.29, 0.717) is 29.2 Å². The topological polar surface area (TPSA) is 96.0 Å². The van der Waals surface area contributed by atoms with Gasteiger partial charge in [0.25, 0.3) is 5.91 Å². The fourth-order valence-corrected chi connectivity index (χ4v) is 5.22. The Kier molecular flexibility index (Phi) is 5.08. The molecule has 1 saturated heterocycles. The maximum Gasteiger partial charge on any atom is 0.255 e. The van der Waals surface area contributed by atoms with Gasteiger partial charge in [-0.15, -0.1) is 0 Å². The number of rotatable bonds is 4. The number of pyridine rings is 1. The van der Waals surface area contributed by atoms with Gasteiger partial charge in [-0.2, -0.15) is 5.10 Å². The molecule has 0 spiro atoms. The van der Waals surface area contributed by atoms with E-state index in [1.807, 2.05) is 19.1 Å². The van der Waals surface area contributed by atoms with E-state index in [1.54, 1.807) is 23.1 Å². The van der Waals surface area contributed by atoms with Gasteiger partial charge in [0.15, 0.2) is 5.65 Å². The van der Waals surface area contributed by atoms with E-state index >= 15 is 0 Å². The van der Waals surface area contributed by atoms with Gasteiger partial charge >= 0.3 is 0 Å². The lowest BCUT2D eigenvalue weighted by Crippen LogP contribution is -2.32. The number of sulfone groups is 1. The first-order chi connectivity index (χ1) is 13.7. The Balaban J connectivity index is 1.69. The molecule has 0 radical (unpaired) electrons. The van der Waals surface area contributed by atoms with E-state index in [-0.39, 0.29) is 23.6 Å². The molecule has 3 aromatic rings. The smallest absolute Gasteiger partial charge is 0.255 e. The third kappa shape index (κ3) is 4.13. The molecule has 1 aliphatic rings. The molecule has 1 unspecified atom stereocenters. The van der Waals surface area contributed by atoms with Crippen molar-refractivity contribution in [3.8, 4) is 0 Å². The van der Waals surface area contributed by atoms with Crippen molar-refractivity contribution in [2.75, 3.05) is 18.6 Å². The minimum Gasteiger partial charge on any atom is -0.331 e. The first kappa shape index (κ1) is 19.8. The molecule has 4 rings (SSSR count). The van der Waals surface area contributed by atoms with Gasteiger partial charge in [0.2, 0.25) is 0 Å². The van der Waals surface area contributed by atoms with Crippen molar-refractivity contribution in [3.05, 3.63) is 58.4 Å².